The van der Waals surface area contributed by atoms with Crippen LogP contribution in [0.5, 0.6) is 0 Å². The Morgan fingerprint density at radius 3 is 2.53 bits per heavy atom. The van der Waals surface area contributed by atoms with Gasteiger partial charge >= 0.3 is 0 Å². The molecule has 0 aliphatic carbocycles. The zero-order valence-corrected chi connectivity index (χ0v) is 12.7. The maximum atomic E-state index is 13.7. The van der Waals surface area contributed by atoms with Gasteiger partial charge in [0.05, 0.1) is 6.61 Å². The third kappa shape index (κ3) is 6.69. The summed E-state index contributed by atoms with van der Waals surface area (Å²) >= 11 is 0. The van der Waals surface area contributed by atoms with Crippen molar-refractivity contribution in [1.82, 2.24) is 5.32 Å². The lowest BCUT2D eigenvalue weighted by Crippen LogP contribution is -2.35. The van der Waals surface area contributed by atoms with Crippen LogP contribution in [0.2, 0.25) is 0 Å². The smallest absolute Gasteiger partial charge is 0.128 e. The standard InChI is InChI=1S/C16H26FNO/c1-12(2)10-19-11-14-8-13(6-7-15(14)17)9-18-16(3,4)5/h6-8,12,18H,9-11H2,1-5H3. The molecule has 0 saturated carbocycles. The summed E-state index contributed by atoms with van der Waals surface area (Å²) < 4.78 is 19.2. The van der Waals surface area contributed by atoms with Crippen LogP contribution in [0.25, 0.3) is 0 Å². The molecule has 0 atom stereocenters. The molecular formula is C16H26FNO. The lowest BCUT2D eigenvalue weighted by atomic mass is 10.1. The molecule has 108 valence electrons. The fourth-order valence-electron chi connectivity index (χ4n) is 1.62. The molecule has 0 aliphatic heterocycles. The topological polar surface area (TPSA) is 21.3 Å². The van der Waals surface area contributed by atoms with Crippen LogP contribution in [0.1, 0.15) is 45.7 Å². The van der Waals surface area contributed by atoms with Crippen molar-refractivity contribution in [2.45, 2.75) is 53.3 Å². The first-order valence-electron chi connectivity index (χ1n) is 6.88. The van der Waals surface area contributed by atoms with Crippen LogP contribution in [0.15, 0.2) is 18.2 Å². The molecule has 0 amide bonds. The molecule has 0 fully saturated rings. The Labute approximate surface area is 116 Å². The maximum Gasteiger partial charge on any atom is 0.128 e. The van der Waals surface area contributed by atoms with Crippen LogP contribution in [0.3, 0.4) is 0 Å². The van der Waals surface area contributed by atoms with E-state index in [9.17, 15) is 4.39 Å². The Bertz CT molecular complexity index is 396. The lowest BCUT2D eigenvalue weighted by molar-refractivity contribution is 0.0950. The van der Waals surface area contributed by atoms with Gasteiger partial charge in [0, 0.05) is 24.3 Å². The molecule has 1 N–H and O–H groups in total. The summed E-state index contributed by atoms with van der Waals surface area (Å²) in [6, 6.07) is 5.22. The third-order valence-electron chi connectivity index (χ3n) is 2.64. The lowest BCUT2D eigenvalue weighted by Gasteiger charge is -2.20. The van der Waals surface area contributed by atoms with E-state index < -0.39 is 0 Å². The minimum absolute atomic E-state index is 0.0582. The summed E-state index contributed by atoms with van der Waals surface area (Å²) in [6.07, 6.45) is 0. The van der Waals surface area contributed by atoms with Crippen LogP contribution in [0.4, 0.5) is 4.39 Å². The molecule has 0 aliphatic rings. The Kier molecular flexibility index (Phi) is 5.95. The maximum absolute atomic E-state index is 13.7. The number of rotatable bonds is 6. The van der Waals surface area contributed by atoms with Gasteiger partial charge in [-0.25, -0.2) is 4.39 Å². The Hall–Kier alpha value is -0.930. The second-order valence-electron chi connectivity index (χ2n) is 6.44. The monoisotopic (exact) mass is 267 g/mol. The second kappa shape index (κ2) is 7.01. The van der Waals surface area contributed by atoms with E-state index in [0.29, 0.717) is 24.7 Å². The van der Waals surface area contributed by atoms with Gasteiger partial charge < -0.3 is 10.1 Å². The van der Waals surface area contributed by atoms with Crippen molar-refractivity contribution in [1.29, 1.82) is 0 Å². The Morgan fingerprint density at radius 1 is 1.26 bits per heavy atom. The second-order valence-corrected chi connectivity index (χ2v) is 6.44. The van der Waals surface area contributed by atoms with Crippen LogP contribution < -0.4 is 5.32 Å². The van der Waals surface area contributed by atoms with Crippen molar-refractivity contribution < 1.29 is 9.13 Å². The van der Waals surface area contributed by atoms with Gasteiger partial charge in [-0.15, -0.1) is 0 Å². The molecule has 19 heavy (non-hydrogen) atoms. The van der Waals surface area contributed by atoms with Gasteiger partial charge in [0.25, 0.3) is 0 Å². The first kappa shape index (κ1) is 16.1. The van der Waals surface area contributed by atoms with Crippen LogP contribution in [0, 0.1) is 11.7 Å². The first-order valence-corrected chi connectivity index (χ1v) is 6.88. The van der Waals surface area contributed by atoms with E-state index in [1.54, 1.807) is 0 Å². The van der Waals surface area contributed by atoms with E-state index in [-0.39, 0.29) is 11.4 Å². The molecule has 0 unspecified atom stereocenters. The Morgan fingerprint density at radius 2 is 1.95 bits per heavy atom. The van der Waals surface area contributed by atoms with E-state index in [2.05, 4.69) is 39.9 Å². The fraction of sp³-hybridized carbons (Fsp3) is 0.625. The van der Waals surface area contributed by atoms with Crippen LogP contribution in [-0.4, -0.2) is 12.1 Å². The van der Waals surface area contributed by atoms with E-state index in [0.717, 1.165) is 12.1 Å². The molecule has 1 aromatic carbocycles. The molecule has 3 heteroatoms. The molecule has 0 aromatic heterocycles. The van der Waals surface area contributed by atoms with Crippen LogP contribution in [-0.2, 0) is 17.9 Å². The average Bonchev–Trinajstić information content (AvgIpc) is 2.28. The number of ether oxygens (including phenoxy) is 1. The normalized spacial score (nSPS) is 12.2. The SMILES string of the molecule is CC(C)COCc1cc(CNC(C)(C)C)ccc1F. The van der Waals surface area contributed by atoms with E-state index in [1.807, 2.05) is 12.1 Å². The van der Waals surface area contributed by atoms with Crippen molar-refractivity contribution in [3.63, 3.8) is 0 Å². The quantitative estimate of drug-likeness (QED) is 0.844. The molecule has 2 nitrogen and oxygen atoms in total. The molecule has 0 heterocycles. The molecule has 0 radical (unpaired) electrons. The van der Waals surface area contributed by atoms with Gasteiger partial charge in [0.1, 0.15) is 5.82 Å². The highest BCUT2D eigenvalue weighted by molar-refractivity contribution is 5.24. The summed E-state index contributed by atoms with van der Waals surface area (Å²) in [7, 11) is 0. The molecule has 1 rings (SSSR count). The number of hydrogen-bond acceptors (Lipinski definition) is 2. The Balaban J connectivity index is 2.61. The van der Waals surface area contributed by atoms with Gasteiger partial charge in [-0.3, -0.25) is 0 Å². The summed E-state index contributed by atoms with van der Waals surface area (Å²) in [5, 5.41) is 3.40. The number of hydrogen-bond donors (Lipinski definition) is 1. The summed E-state index contributed by atoms with van der Waals surface area (Å²) in [5.74, 6) is 0.275. The average molecular weight is 267 g/mol. The largest absolute Gasteiger partial charge is 0.376 e. The zero-order valence-electron chi connectivity index (χ0n) is 12.7. The zero-order chi connectivity index (χ0) is 14.5. The van der Waals surface area contributed by atoms with Crippen molar-refractivity contribution in [2.75, 3.05) is 6.61 Å². The minimum Gasteiger partial charge on any atom is -0.376 e. The van der Waals surface area contributed by atoms with Crippen molar-refractivity contribution in [2.24, 2.45) is 5.92 Å². The van der Waals surface area contributed by atoms with Gasteiger partial charge in [0.2, 0.25) is 0 Å². The van der Waals surface area contributed by atoms with E-state index in [1.165, 1.54) is 6.07 Å². The van der Waals surface area contributed by atoms with Crippen molar-refractivity contribution in [3.05, 3.63) is 35.1 Å². The molecule has 0 bridgehead atoms. The van der Waals surface area contributed by atoms with Gasteiger partial charge in [-0.1, -0.05) is 19.9 Å². The predicted molar refractivity (Wildman–Crippen MR) is 77.5 cm³/mol. The number of halogens is 1. The first-order chi connectivity index (χ1) is 8.78. The van der Waals surface area contributed by atoms with Crippen molar-refractivity contribution >= 4 is 0 Å². The molecular weight excluding hydrogens is 241 g/mol. The van der Waals surface area contributed by atoms with E-state index >= 15 is 0 Å². The van der Waals surface area contributed by atoms with Crippen LogP contribution >= 0.6 is 0 Å². The highest BCUT2D eigenvalue weighted by Gasteiger charge is 2.10. The highest BCUT2D eigenvalue weighted by atomic mass is 19.1. The minimum atomic E-state index is -0.191. The predicted octanol–water partition coefficient (Wildman–Crippen LogP) is 3.89. The molecule has 0 saturated heterocycles. The molecule has 0 spiro atoms. The van der Waals surface area contributed by atoms with E-state index in [4.69, 9.17) is 4.74 Å². The number of benzene rings is 1. The van der Waals surface area contributed by atoms with Gasteiger partial charge in [0.15, 0.2) is 0 Å². The number of nitrogens with one attached hydrogen (secondary N) is 1. The van der Waals surface area contributed by atoms with Gasteiger partial charge in [-0.2, -0.15) is 0 Å². The highest BCUT2D eigenvalue weighted by Crippen LogP contribution is 2.13. The third-order valence-corrected chi connectivity index (χ3v) is 2.64. The summed E-state index contributed by atoms with van der Waals surface area (Å²) in [4.78, 5) is 0. The fourth-order valence-corrected chi connectivity index (χ4v) is 1.62. The summed E-state index contributed by atoms with van der Waals surface area (Å²) in [5.41, 5.74) is 1.77. The van der Waals surface area contributed by atoms with Crippen molar-refractivity contribution in [3.8, 4) is 0 Å². The molecule has 1 aromatic rings. The summed E-state index contributed by atoms with van der Waals surface area (Å²) in [6.45, 7) is 12.2. The van der Waals surface area contributed by atoms with Gasteiger partial charge in [-0.05, 0) is 44.4 Å².